The summed E-state index contributed by atoms with van der Waals surface area (Å²) in [5, 5.41) is 7.11. The number of halogens is 1. The van der Waals surface area contributed by atoms with Crippen LogP contribution in [-0.4, -0.2) is 28.8 Å². The standard InChI is InChI=1S/C22H22FN3O2/c1-15-21(14-25-26(15)19-8-6-18(23)7-9-19)22(27)24-11-12-28-20-10-5-16-3-2-4-17(16)13-20/h5-10,13-14H,2-4,11-12H2,1H3,(H,24,27). The normalized spacial score (nSPS) is 12.6. The summed E-state index contributed by atoms with van der Waals surface area (Å²) < 4.78 is 20.5. The molecule has 5 nitrogen and oxygen atoms in total. The summed E-state index contributed by atoms with van der Waals surface area (Å²) in [6.45, 7) is 2.61. The lowest BCUT2D eigenvalue weighted by Gasteiger charge is -2.09. The van der Waals surface area contributed by atoms with E-state index in [9.17, 15) is 9.18 Å². The molecule has 0 aliphatic heterocycles. The Kier molecular flexibility index (Phi) is 5.10. The lowest BCUT2D eigenvalue weighted by atomic mass is 10.1. The molecule has 3 aromatic rings. The van der Waals surface area contributed by atoms with E-state index < -0.39 is 0 Å². The highest BCUT2D eigenvalue weighted by molar-refractivity contribution is 5.95. The van der Waals surface area contributed by atoms with Crippen LogP contribution in [0.4, 0.5) is 4.39 Å². The van der Waals surface area contributed by atoms with E-state index >= 15 is 0 Å². The van der Waals surface area contributed by atoms with E-state index in [4.69, 9.17) is 4.74 Å². The quantitative estimate of drug-likeness (QED) is 0.666. The number of ether oxygens (including phenoxy) is 1. The fourth-order valence-electron chi connectivity index (χ4n) is 3.54. The highest BCUT2D eigenvalue weighted by Crippen LogP contribution is 2.25. The first kappa shape index (κ1) is 18.2. The molecular formula is C22H22FN3O2. The van der Waals surface area contributed by atoms with Gasteiger partial charge in [0.1, 0.15) is 18.2 Å². The number of carbonyl (C=O) groups is 1. The molecule has 1 N–H and O–H groups in total. The van der Waals surface area contributed by atoms with Gasteiger partial charge in [0.2, 0.25) is 0 Å². The molecule has 0 saturated heterocycles. The fourth-order valence-corrected chi connectivity index (χ4v) is 3.54. The minimum absolute atomic E-state index is 0.205. The number of nitrogens with zero attached hydrogens (tertiary/aromatic N) is 2. The number of hydrogen-bond donors (Lipinski definition) is 1. The summed E-state index contributed by atoms with van der Waals surface area (Å²) in [7, 11) is 0. The van der Waals surface area contributed by atoms with E-state index in [1.807, 2.05) is 13.0 Å². The molecule has 1 heterocycles. The summed E-state index contributed by atoms with van der Waals surface area (Å²) in [5.41, 5.74) is 4.67. The maximum Gasteiger partial charge on any atom is 0.254 e. The smallest absolute Gasteiger partial charge is 0.254 e. The largest absolute Gasteiger partial charge is 0.492 e. The summed E-state index contributed by atoms with van der Waals surface area (Å²) >= 11 is 0. The summed E-state index contributed by atoms with van der Waals surface area (Å²) in [4.78, 5) is 12.4. The van der Waals surface area contributed by atoms with Gasteiger partial charge in [-0.05, 0) is 73.7 Å². The van der Waals surface area contributed by atoms with Crippen molar-refractivity contribution >= 4 is 5.91 Å². The van der Waals surface area contributed by atoms with Crippen molar-refractivity contribution in [2.75, 3.05) is 13.2 Å². The molecule has 1 aliphatic rings. The second kappa shape index (κ2) is 7.84. The minimum Gasteiger partial charge on any atom is -0.492 e. The average Bonchev–Trinajstić information content (AvgIpc) is 3.32. The minimum atomic E-state index is -0.310. The third kappa shape index (κ3) is 3.76. The number of amides is 1. The van der Waals surface area contributed by atoms with E-state index in [1.165, 1.54) is 35.9 Å². The van der Waals surface area contributed by atoms with Gasteiger partial charge >= 0.3 is 0 Å². The Morgan fingerprint density at radius 1 is 1.18 bits per heavy atom. The van der Waals surface area contributed by atoms with Crippen molar-refractivity contribution < 1.29 is 13.9 Å². The van der Waals surface area contributed by atoms with Gasteiger partial charge in [-0.25, -0.2) is 9.07 Å². The fraction of sp³-hybridized carbons (Fsp3) is 0.273. The second-order valence-electron chi connectivity index (χ2n) is 6.92. The third-order valence-corrected chi connectivity index (χ3v) is 5.05. The molecule has 0 radical (unpaired) electrons. The lowest BCUT2D eigenvalue weighted by molar-refractivity contribution is 0.0946. The van der Waals surface area contributed by atoms with Gasteiger partial charge in [-0.15, -0.1) is 0 Å². The van der Waals surface area contributed by atoms with Gasteiger partial charge in [0, 0.05) is 0 Å². The Labute approximate surface area is 163 Å². The number of aryl methyl sites for hydroxylation is 2. The molecule has 144 valence electrons. The van der Waals surface area contributed by atoms with Crippen molar-refractivity contribution in [2.45, 2.75) is 26.2 Å². The summed E-state index contributed by atoms with van der Waals surface area (Å²) in [6.07, 6.45) is 4.99. The molecule has 1 amide bonds. The Balaban J connectivity index is 1.32. The van der Waals surface area contributed by atoms with Crippen LogP contribution in [-0.2, 0) is 12.8 Å². The summed E-state index contributed by atoms with van der Waals surface area (Å²) in [5.74, 6) is 0.327. The molecule has 0 unspecified atom stereocenters. The number of hydrogen-bond acceptors (Lipinski definition) is 3. The van der Waals surface area contributed by atoms with Crippen LogP contribution in [0.2, 0.25) is 0 Å². The van der Waals surface area contributed by atoms with E-state index in [-0.39, 0.29) is 11.7 Å². The second-order valence-corrected chi connectivity index (χ2v) is 6.92. The van der Waals surface area contributed by atoms with Gasteiger partial charge < -0.3 is 10.1 Å². The van der Waals surface area contributed by atoms with Crippen molar-refractivity contribution in [1.82, 2.24) is 15.1 Å². The zero-order valence-corrected chi connectivity index (χ0v) is 15.7. The zero-order chi connectivity index (χ0) is 19.5. The Morgan fingerprint density at radius 3 is 2.79 bits per heavy atom. The maximum atomic E-state index is 13.1. The van der Waals surface area contributed by atoms with Crippen molar-refractivity contribution in [1.29, 1.82) is 0 Å². The van der Waals surface area contributed by atoms with Gasteiger partial charge in [0.25, 0.3) is 5.91 Å². The van der Waals surface area contributed by atoms with E-state index in [0.29, 0.717) is 30.1 Å². The van der Waals surface area contributed by atoms with Gasteiger partial charge in [-0.1, -0.05) is 6.07 Å². The predicted octanol–water partition coefficient (Wildman–Crippen LogP) is 3.62. The molecule has 1 aliphatic carbocycles. The van der Waals surface area contributed by atoms with Crippen molar-refractivity contribution in [3.05, 3.63) is 76.9 Å². The molecule has 0 fully saturated rings. The maximum absolute atomic E-state index is 13.1. The molecule has 0 saturated carbocycles. The Hall–Kier alpha value is -3.15. The first-order chi connectivity index (χ1) is 13.6. The number of aromatic nitrogens is 2. The Morgan fingerprint density at radius 2 is 1.96 bits per heavy atom. The topological polar surface area (TPSA) is 56.1 Å². The van der Waals surface area contributed by atoms with Crippen LogP contribution in [0.15, 0.2) is 48.7 Å². The predicted molar refractivity (Wildman–Crippen MR) is 105 cm³/mol. The van der Waals surface area contributed by atoms with Crippen LogP contribution in [0, 0.1) is 12.7 Å². The monoisotopic (exact) mass is 379 g/mol. The van der Waals surface area contributed by atoms with E-state index in [0.717, 1.165) is 18.6 Å². The van der Waals surface area contributed by atoms with Crippen molar-refractivity contribution in [2.24, 2.45) is 0 Å². The third-order valence-electron chi connectivity index (χ3n) is 5.05. The molecule has 2 aromatic carbocycles. The number of carbonyl (C=O) groups excluding carboxylic acids is 1. The molecular weight excluding hydrogens is 357 g/mol. The molecule has 4 rings (SSSR count). The van der Waals surface area contributed by atoms with Crippen LogP contribution in [0.3, 0.4) is 0 Å². The first-order valence-corrected chi connectivity index (χ1v) is 9.45. The van der Waals surface area contributed by atoms with Crippen LogP contribution in [0.25, 0.3) is 5.69 Å². The van der Waals surface area contributed by atoms with Crippen molar-refractivity contribution in [3.63, 3.8) is 0 Å². The molecule has 6 heteroatoms. The van der Waals surface area contributed by atoms with Gasteiger partial charge in [-0.2, -0.15) is 5.10 Å². The highest BCUT2D eigenvalue weighted by Gasteiger charge is 2.15. The van der Waals surface area contributed by atoms with Crippen LogP contribution < -0.4 is 10.1 Å². The number of benzene rings is 2. The van der Waals surface area contributed by atoms with Crippen molar-refractivity contribution in [3.8, 4) is 11.4 Å². The van der Waals surface area contributed by atoms with Crippen LogP contribution >= 0.6 is 0 Å². The molecule has 28 heavy (non-hydrogen) atoms. The molecule has 1 aromatic heterocycles. The molecule has 0 spiro atoms. The molecule has 0 atom stereocenters. The first-order valence-electron chi connectivity index (χ1n) is 9.45. The highest BCUT2D eigenvalue weighted by atomic mass is 19.1. The average molecular weight is 379 g/mol. The lowest BCUT2D eigenvalue weighted by Crippen LogP contribution is -2.28. The number of rotatable bonds is 6. The van der Waals surface area contributed by atoms with E-state index in [1.54, 1.807) is 16.8 Å². The number of nitrogens with one attached hydrogen (secondary N) is 1. The number of fused-ring (bicyclic) bond motifs is 1. The Bertz CT molecular complexity index is 996. The SMILES string of the molecule is Cc1c(C(=O)NCCOc2ccc3c(c2)CCC3)cnn1-c1ccc(F)cc1. The zero-order valence-electron chi connectivity index (χ0n) is 15.7. The van der Waals surface area contributed by atoms with Gasteiger partial charge in [0.05, 0.1) is 29.7 Å². The summed E-state index contributed by atoms with van der Waals surface area (Å²) in [6, 6.07) is 12.2. The van der Waals surface area contributed by atoms with Gasteiger partial charge in [-0.3, -0.25) is 4.79 Å². The van der Waals surface area contributed by atoms with Gasteiger partial charge in [0.15, 0.2) is 0 Å². The van der Waals surface area contributed by atoms with E-state index in [2.05, 4.69) is 22.5 Å². The van der Waals surface area contributed by atoms with Crippen LogP contribution in [0.1, 0.15) is 33.6 Å². The van der Waals surface area contributed by atoms with Crippen LogP contribution in [0.5, 0.6) is 5.75 Å². The molecule has 0 bridgehead atoms.